The highest BCUT2D eigenvalue weighted by Crippen LogP contribution is 2.66. The molecule has 1 unspecified atom stereocenters. The van der Waals surface area contributed by atoms with Crippen molar-refractivity contribution in [3.05, 3.63) is 0 Å². The van der Waals surface area contributed by atoms with Gasteiger partial charge in [-0.3, -0.25) is 4.79 Å². The molecule has 126 valence electrons. The molecule has 0 aromatic rings. The van der Waals surface area contributed by atoms with Crippen LogP contribution in [0.15, 0.2) is 0 Å². The molecule has 23 heavy (non-hydrogen) atoms. The van der Waals surface area contributed by atoms with Gasteiger partial charge in [0.15, 0.2) is 0 Å². The maximum Gasteiger partial charge on any atom is 0.150 e. The van der Waals surface area contributed by atoms with Crippen molar-refractivity contribution in [3.8, 4) is 6.07 Å². The van der Waals surface area contributed by atoms with Gasteiger partial charge in [-0.05, 0) is 79.4 Å². The molecule has 0 aliphatic heterocycles. The molecule has 4 aliphatic rings. The van der Waals surface area contributed by atoms with Gasteiger partial charge < -0.3 is 5.11 Å². The Bertz CT molecular complexity index is 566. The van der Waals surface area contributed by atoms with Crippen molar-refractivity contribution in [1.82, 2.24) is 0 Å². The minimum absolute atomic E-state index is 0.115. The molecule has 0 amide bonds. The predicted molar refractivity (Wildman–Crippen MR) is 87.2 cm³/mol. The molecule has 8 atom stereocenters. The fourth-order valence-corrected chi connectivity index (χ4v) is 7.22. The fraction of sp³-hybridized carbons (Fsp3) is 0.900. The maximum absolute atomic E-state index is 12.2. The standard InChI is InChI=1S/C20H29NO2/c1-19-8-7-16-14(15(19)5-6-18(19)23)4-3-13-9-17(22)12(11-21)10-20(13,16)2/h12-16,18,23H,3-10H2,1-2H3/t12-,13?,14-,15-,16-,18-,19-,20-/m0/s1. The lowest BCUT2D eigenvalue weighted by Crippen LogP contribution is -2.55. The Morgan fingerprint density at radius 1 is 1.09 bits per heavy atom. The Hall–Kier alpha value is -0.880. The van der Waals surface area contributed by atoms with Crippen LogP contribution in [0.3, 0.4) is 0 Å². The summed E-state index contributed by atoms with van der Waals surface area (Å²) in [6, 6.07) is 2.28. The number of fused-ring (bicyclic) bond motifs is 5. The highest BCUT2D eigenvalue weighted by molar-refractivity contribution is 5.84. The second-order valence-electron chi connectivity index (χ2n) is 9.35. The summed E-state index contributed by atoms with van der Waals surface area (Å²) in [7, 11) is 0. The SMILES string of the molecule is C[C@]12CC[C@H]3[C@@H](CCC4CC(=O)[C@H](C#N)C[C@@]43C)[C@@H]1CC[C@@H]2O. The summed E-state index contributed by atoms with van der Waals surface area (Å²) in [5, 5.41) is 19.9. The average Bonchev–Trinajstić information content (AvgIpc) is 2.83. The van der Waals surface area contributed by atoms with E-state index in [1.807, 2.05) is 0 Å². The zero-order chi connectivity index (χ0) is 16.4. The number of aliphatic hydroxyl groups is 1. The maximum atomic E-state index is 12.2. The minimum Gasteiger partial charge on any atom is -0.393 e. The summed E-state index contributed by atoms with van der Waals surface area (Å²) < 4.78 is 0. The Balaban J connectivity index is 1.65. The number of nitriles is 1. The van der Waals surface area contributed by atoms with Crippen LogP contribution in [0.5, 0.6) is 0 Å². The molecule has 0 bridgehead atoms. The Morgan fingerprint density at radius 2 is 1.83 bits per heavy atom. The summed E-state index contributed by atoms with van der Waals surface area (Å²) in [5.74, 6) is 2.28. The molecule has 0 aromatic carbocycles. The highest BCUT2D eigenvalue weighted by atomic mass is 16.3. The van der Waals surface area contributed by atoms with Gasteiger partial charge in [0.1, 0.15) is 11.7 Å². The largest absolute Gasteiger partial charge is 0.393 e. The van der Waals surface area contributed by atoms with Gasteiger partial charge in [0.25, 0.3) is 0 Å². The quantitative estimate of drug-likeness (QED) is 0.741. The van der Waals surface area contributed by atoms with Crippen LogP contribution in [0.4, 0.5) is 0 Å². The summed E-state index contributed by atoms with van der Waals surface area (Å²) in [6.07, 6.45) is 8.07. The number of ketones is 1. The van der Waals surface area contributed by atoms with Crippen LogP contribution in [-0.4, -0.2) is 17.0 Å². The molecule has 3 heteroatoms. The van der Waals surface area contributed by atoms with Gasteiger partial charge in [0, 0.05) is 6.42 Å². The normalized spacial score (nSPS) is 55.5. The number of nitrogens with zero attached hydrogens (tertiary/aromatic N) is 1. The van der Waals surface area contributed by atoms with Crippen molar-refractivity contribution in [2.45, 2.75) is 71.3 Å². The first-order chi connectivity index (χ1) is 10.9. The van der Waals surface area contributed by atoms with Gasteiger partial charge in [-0.15, -0.1) is 0 Å². The molecular weight excluding hydrogens is 286 g/mol. The van der Waals surface area contributed by atoms with E-state index >= 15 is 0 Å². The van der Waals surface area contributed by atoms with E-state index in [4.69, 9.17) is 0 Å². The second kappa shape index (κ2) is 5.06. The van der Waals surface area contributed by atoms with Crippen LogP contribution in [0.25, 0.3) is 0 Å². The monoisotopic (exact) mass is 315 g/mol. The summed E-state index contributed by atoms with van der Waals surface area (Å²) in [5.41, 5.74) is 0.273. The number of carbonyl (C=O) groups is 1. The third-order valence-corrected chi connectivity index (χ3v) is 8.65. The third kappa shape index (κ3) is 2.00. The van der Waals surface area contributed by atoms with E-state index < -0.39 is 0 Å². The van der Waals surface area contributed by atoms with Gasteiger partial charge in [0.05, 0.1) is 12.2 Å². The number of hydrogen-bond donors (Lipinski definition) is 1. The number of carbonyl (C=O) groups excluding carboxylic acids is 1. The van der Waals surface area contributed by atoms with Crippen molar-refractivity contribution in [3.63, 3.8) is 0 Å². The molecule has 4 aliphatic carbocycles. The first-order valence-electron chi connectivity index (χ1n) is 9.50. The molecule has 4 fully saturated rings. The summed E-state index contributed by atoms with van der Waals surface area (Å²) in [4.78, 5) is 12.2. The first-order valence-corrected chi connectivity index (χ1v) is 9.50. The van der Waals surface area contributed by atoms with Crippen molar-refractivity contribution >= 4 is 5.78 Å². The van der Waals surface area contributed by atoms with Crippen LogP contribution >= 0.6 is 0 Å². The zero-order valence-electron chi connectivity index (χ0n) is 14.4. The minimum atomic E-state index is -0.377. The molecule has 4 rings (SSSR count). The molecule has 3 nitrogen and oxygen atoms in total. The molecular formula is C20H29NO2. The number of Topliss-reactive ketones (excluding diaryl/α,β-unsaturated/α-hetero) is 1. The van der Waals surface area contributed by atoms with E-state index in [1.165, 1.54) is 19.3 Å². The van der Waals surface area contributed by atoms with Gasteiger partial charge in [-0.1, -0.05) is 13.8 Å². The number of aliphatic hydroxyl groups excluding tert-OH is 1. The van der Waals surface area contributed by atoms with E-state index in [-0.39, 0.29) is 28.6 Å². The van der Waals surface area contributed by atoms with Crippen LogP contribution in [0, 0.1) is 51.8 Å². The fourth-order valence-electron chi connectivity index (χ4n) is 7.22. The van der Waals surface area contributed by atoms with Crippen molar-refractivity contribution in [2.24, 2.45) is 40.4 Å². The predicted octanol–water partition coefficient (Wildman–Crippen LogP) is 3.71. The van der Waals surface area contributed by atoms with Gasteiger partial charge in [-0.2, -0.15) is 5.26 Å². The summed E-state index contributed by atoms with van der Waals surface area (Å²) >= 11 is 0. The highest BCUT2D eigenvalue weighted by Gasteiger charge is 2.61. The summed E-state index contributed by atoms with van der Waals surface area (Å²) in [6.45, 7) is 4.68. The Labute approximate surface area is 139 Å². The van der Waals surface area contributed by atoms with Crippen molar-refractivity contribution < 1.29 is 9.90 Å². The van der Waals surface area contributed by atoms with Gasteiger partial charge in [-0.25, -0.2) is 0 Å². The molecule has 0 aromatic heterocycles. The van der Waals surface area contributed by atoms with E-state index in [0.29, 0.717) is 30.1 Å². The van der Waals surface area contributed by atoms with Crippen LogP contribution in [-0.2, 0) is 4.79 Å². The Morgan fingerprint density at radius 3 is 2.57 bits per heavy atom. The molecule has 0 saturated heterocycles. The lowest BCUT2D eigenvalue weighted by Gasteiger charge is -2.60. The lowest BCUT2D eigenvalue weighted by molar-refractivity contribution is -0.146. The van der Waals surface area contributed by atoms with E-state index in [0.717, 1.165) is 25.7 Å². The molecule has 1 N–H and O–H groups in total. The smallest absolute Gasteiger partial charge is 0.150 e. The van der Waals surface area contributed by atoms with Crippen LogP contribution < -0.4 is 0 Å². The van der Waals surface area contributed by atoms with Crippen molar-refractivity contribution in [1.29, 1.82) is 5.26 Å². The number of hydrogen-bond acceptors (Lipinski definition) is 3. The second-order valence-corrected chi connectivity index (χ2v) is 9.35. The molecule has 0 radical (unpaired) electrons. The first kappa shape index (κ1) is 15.6. The van der Waals surface area contributed by atoms with E-state index in [9.17, 15) is 15.2 Å². The third-order valence-electron chi connectivity index (χ3n) is 8.65. The van der Waals surface area contributed by atoms with E-state index in [1.54, 1.807) is 0 Å². The van der Waals surface area contributed by atoms with Crippen LogP contribution in [0.1, 0.15) is 65.2 Å². The zero-order valence-corrected chi connectivity index (χ0v) is 14.4. The van der Waals surface area contributed by atoms with E-state index in [2.05, 4.69) is 19.9 Å². The van der Waals surface area contributed by atoms with Crippen molar-refractivity contribution in [2.75, 3.05) is 0 Å². The van der Waals surface area contributed by atoms with Gasteiger partial charge in [0.2, 0.25) is 0 Å². The Kier molecular flexibility index (Phi) is 3.44. The molecule has 0 spiro atoms. The molecule has 0 heterocycles. The lowest BCUT2D eigenvalue weighted by atomic mass is 9.44. The number of rotatable bonds is 0. The molecule has 4 saturated carbocycles. The van der Waals surface area contributed by atoms with Gasteiger partial charge >= 0.3 is 0 Å². The topological polar surface area (TPSA) is 61.1 Å². The average molecular weight is 315 g/mol. The van der Waals surface area contributed by atoms with Crippen LogP contribution in [0.2, 0.25) is 0 Å².